The smallest absolute Gasteiger partial charge is 0.139 e. The molecular formula is C15H24O. The highest BCUT2D eigenvalue weighted by Crippen LogP contribution is 2.71. The average Bonchev–Trinajstić information content (AvgIpc) is 2.41. The van der Waals surface area contributed by atoms with Crippen LogP contribution in [0.2, 0.25) is 0 Å². The molecule has 0 aromatic carbocycles. The van der Waals surface area contributed by atoms with Crippen molar-refractivity contribution in [3.05, 3.63) is 0 Å². The van der Waals surface area contributed by atoms with E-state index in [2.05, 4.69) is 27.7 Å². The van der Waals surface area contributed by atoms with Gasteiger partial charge in [-0.3, -0.25) is 4.79 Å². The highest BCUT2D eigenvalue weighted by atomic mass is 16.1. The second-order valence-electron chi connectivity index (χ2n) is 7.62. The summed E-state index contributed by atoms with van der Waals surface area (Å²) in [7, 11) is 0. The fourth-order valence-electron chi connectivity index (χ4n) is 5.21. The number of ketones is 1. The maximum atomic E-state index is 12.2. The molecule has 0 aromatic heterocycles. The SMILES string of the molecule is CC1(C)CC2C1CCC1(C)C(=O)CCC21C. The third-order valence-electron chi connectivity index (χ3n) is 6.76. The van der Waals surface area contributed by atoms with Crippen molar-refractivity contribution in [1.29, 1.82) is 0 Å². The maximum Gasteiger partial charge on any atom is 0.139 e. The van der Waals surface area contributed by atoms with Gasteiger partial charge in [-0.25, -0.2) is 0 Å². The predicted molar refractivity (Wildman–Crippen MR) is 65.1 cm³/mol. The quantitative estimate of drug-likeness (QED) is 0.606. The summed E-state index contributed by atoms with van der Waals surface area (Å²) in [5.41, 5.74) is 0.883. The Labute approximate surface area is 99.0 Å². The van der Waals surface area contributed by atoms with E-state index in [-0.39, 0.29) is 5.41 Å². The Morgan fingerprint density at radius 3 is 2.38 bits per heavy atom. The van der Waals surface area contributed by atoms with Crippen LogP contribution in [0.3, 0.4) is 0 Å². The Hall–Kier alpha value is -0.330. The zero-order chi connectivity index (χ0) is 11.8. The number of carbonyl (C=O) groups excluding carboxylic acids is 1. The van der Waals surface area contributed by atoms with Crippen molar-refractivity contribution in [3.8, 4) is 0 Å². The molecule has 90 valence electrons. The van der Waals surface area contributed by atoms with E-state index in [4.69, 9.17) is 0 Å². The molecule has 3 saturated carbocycles. The molecule has 0 radical (unpaired) electrons. The molecule has 1 heteroatoms. The molecule has 0 spiro atoms. The molecule has 0 saturated heterocycles. The Bertz CT molecular complexity index is 356. The Kier molecular flexibility index (Phi) is 1.85. The first kappa shape index (κ1) is 10.8. The molecule has 0 amide bonds. The Balaban J connectivity index is 1.98. The number of hydrogen-bond donors (Lipinski definition) is 0. The first-order valence-electron chi connectivity index (χ1n) is 6.85. The molecule has 3 rings (SSSR count). The van der Waals surface area contributed by atoms with E-state index >= 15 is 0 Å². The number of rotatable bonds is 0. The third-order valence-corrected chi connectivity index (χ3v) is 6.76. The van der Waals surface area contributed by atoms with E-state index in [1.807, 2.05) is 0 Å². The molecule has 3 fully saturated rings. The molecule has 1 nitrogen and oxygen atoms in total. The van der Waals surface area contributed by atoms with Gasteiger partial charge in [-0.2, -0.15) is 0 Å². The zero-order valence-corrected chi connectivity index (χ0v) is 11.1. The van der Waals surface area contributed by atoms with E-state index in [9.17, 15) is 4.79 Å². The minimum absolute atomic E-state index is 0.0185. The molecule has 4 atom stereocenters. The number of fused-ring (bicyclic) bond motifs is 3. The fourth-order valence-corrected chi connectivity index (χ4v) is 5.21. The van der Waals surface area contributed by atoms with Crippen LogP contribution < -0.4 is 0 Å². The molecule has 0 bridgehead atoms. The summed E-state index contributed by atoms with van der Waals surface area (Å²) in [4.78, 5) is 12.2. The van der Waals surface area contributed by atoms with Crippen LogP contribution in [0.15, 0.2) is 0 Å². The van der Waals surface area contributed by atoms with Crippen molar-refractivity contribution in [2.75, 3.05) is 0 Å². The third kappa shape index (κ3) is 0.966. The van der Waals surface area contributed by atoms with Crippen molar-refractivity contribution >= 4 is 5.78 Å². The van der Waals surface area contributed by atoms with E-state index < -0.39 is 0 Å². The molecule has 0 heterocycles. The highest BCUT2D eigenvalue weighted by Gasteiger charge is 2.67. The average molecular weight is 220 g/mol. The van der Waals surface area contributed by atoms with Gasteiger partial charge in [-0.05, 0) is 48.3 Å². The maximum absolute atomic E-state index is 12.2. The molecule has 0 N–H and O–H groups in total. The molecule has 3 aliphatic rings. The predicted octanol–water partition coefficient (Wildman–Crippen LogP) is 3.82. The summed E-state index contributed by atoms with van der Waals surface area (Å²) < 4.78 is 0. The summed E-state index contributed by atoms with van der Waals surface area (Å²) in [6, 6.07) is 0. The lowest BCUT2D eigenvalue weighted by Crippen LogP contribution is -2.59. The lowest BCUT2D eigenvalue weighted by atomic mass is 9.39. The van der Waals surface area contributed by atoms with Gasteiger partial charge in [0.05, 0.1) is 0 Å². The van der Waals surface area contributed by atoms with E-state index in [0.29, 0.717) is 16.6 Å². The lowest BCUT2D eigenvalue weighted by molar-refractivity contribution is -0.173. The van der Waals surface area contributed by atoms with Crippen LogP contribution in [-0.2, 0) is 4.79 Å². The summed E-state index contributed by atoms with van der Waals surface area (Å²) >= 11 is 0. The standard InChI is InChI=1S/C15H24O/c1-13(2)9-11-10(13)5-7-15(4)12(16)6-8-14(11,15)3/h10-11H,5-9H2,1-4H3. The number of Topliss-reactive ketones (excluding diaryl/α,β-unsaturated/α-hetero) is 1. The van der Waals surface area contributed by atoms with Gasteiger partial charge in [0.1, 0.15) is 5.78 Å². The van der Waals surface area contributed by atoms with Gasteiger partial charge in [0.15, 0.2) is 0 Å². The number of carbonyl (C=O) groups is 1. The monoisotopic (exact) mass is 220 g/mol. The van der Waals surface area contributed by atoms with Crippen LogP contribution >= 0.6 is 0 Å². The van der Waals surface area contributed by atoms with Crippen LogP contribution in [0, 0.1) is 28.1 Å². The van der Waals surface area contributed by atoms with Crippen LogP contribution in [0.5, 0.6) is 0 Å². The summed E-state index contributed by atoms with van der Waals surface area (Å²) in [5, 5.41) is 0. The van der Waals surface area contributed by atoms with Crippen molar-refractivity contribution in [1.82, 2.24) is 0 Å². The van der Waals surface area contributed by atoms with Gasteiger partial charge >= 0.3 is 0 Å². The first-order chi connectivity index (χ1) is 7.31. The van der Waals surface area contributed by atoms with Gasteiger partial charge < -0.3 is 0 Å². The minimum Gasteiger partial charge on any atom is -0.299 e. The molecule has 0 aliphatic heterocycles. The normalized spacial score (nSPS) is 54.1. The van der Waals surface area contributed by atoms with E-state index in [0.717, 1.165) is 31.1 Å². The van der Waals surface area contributed by atoms with Gasteiger partial charge in [-0.1, -0.05) is 27.7 Å². The van der Waals surface area contributed by atoms with Crippen LogP contribution in [-0.4, -0.2) is 5.78 Å². The largest absolute Gasteiger partial charge is 0.299 e. The lowest BCUT2D eigenvalue weighted by Gasteiger charge is -2.65. The number of hydrogen-bond acceptors (Lipinski definition) is 1. The zero-order valence-electron chi connectivity index (χ0n) is 11.1. The molecule has 3 aliphatic carbocycles. The second-order valence-corrected chi connectivity index (χ2v) is 7.62. The summed E-state index contributed by atoms with van der Waals surface area (Å²) in [6.45, 7) is 9.49. The van der Waals surface area contributed by atoms with E-state index in [1.165, 1.54) is 12.8 Å². The molecule has 0 aromatic rings. The van der Waals surface area contributed by atoms with Gasteiger partial charge in [0, 0.05) is 11.8 Å². The fraction of sp³-hybridized carbons (Fsp3) is 0.933. The van der Waals surface area contributed by atoms with Crippen molar-refractivity contribution in [2.24, 2.45) is 28.1 Å². The molecule has 4 unspecified atom stereocenters. The van der Waals surface area contributed by atoms with Crippen molar-refractivity contribution < 1.29 is 4.79 Å². The summed E-state index contributed by atoms with van der Waals surface area (Å²) in [5.74, 6) is 2.27. The van der Waals surface area contributed by atoms with Gasteiger partial charge in [0.2, 0.25) is 0 Å². The van der Waals surface area contributed by atoms with Gasteiger partial charge in [-0.15, -0.1) is 0 Å². The van der Waals surface area contributed by atoms with Gasteiger partial charge in [0.25, 0.3) is 0 Å². The van der Waals surface area contributed by atoms with Crippen LogP contribution in [0.25, 0.3) is 0 Å². The van der Waals surface area contributed by atoms with Crippen LogP contribution in [0.4, 0.5) is 0 Å². The highest BCUT2D eigenvalue weighted by molar-refractivity contribution is 5.88. The Morgan fingerprint density at radius 1 is 1.06 bits per heavy atom. The van der Waals surface area contributed by atoms with Crippen LogP contribution in [0.1, 0.15) is 59.8 Å². The van der Waals surface area contributed by atoms with Crippen molar-refractivity contribution in [3.63, 3.8) is 0 Å². The summed E-state index contributed by atoms with van der Waals surface area (Å²) in [6.07, 6.45) is 5.77. The van der Waals surface area contributed by atoms with E-state index in [1.54, 1.807) is 0 Å². The first-order valence-corrected chi connectivity index (χ1v) is 6.85. The minimum atomic E-state index is 0.0185. The Morgan fingerprint density at radius 2 is 1.75 bits per heavy atom. The topological polar surface area (TPSA) is 17.1 Å². The molecular weight excluding hydrogens is 196 g/mol. The molecule has 16 heavy (non-hydrogen) atoms. The second kappa shape index (κ2) is 2.73. The van der Waals surface area contributed by atoms with Crippen molar-refractivity contribution in [2.45, 2.75) is 59.8 Å².